The Morgan fingerprint density at radius 1 is 1.35 bits per heavy atom. The van der Waals surface area contributed by atoms with Crippen molar-refractivity contribution in [3.05, 3.63) is 17.7 Å². The predicted molar refractivity (Wildman–Crippen MR) is 71.6 cm³/mol. The fourth-order valence-corrected chi connectivity index (χ4v) is 2.53. The third-order valence-electron chi connectivity index (χ3n) is 3.61. The zero-order valence-electron chi connectivity index (χ0n) is 11.7. The molecule has 0 spiro atoms. The fraction of sp³-hybridized carbons (Fsp3) is 0.533. The number of ether oxygens (including phenoxy) is 4. The van der Waals surface area contributed by atoms with Crippen LogP contribution in [-0.2, 0) is 4.74 Å². The third kappa shape index (κ3) is 2.58. The molecule has 0 aromatic heterocycles. The van der Waals surface area contributed by atoms with Crippen molar-refractivity contribution >= 4 is 6.29 Å². The van der Waals surface area contributed by atoms with Crippen LogP contribution in [0.3, 0.4) is 0 Å². The molecule has 2 aliphatic rings. The molecule has 2 heterocycles. The van der Waals surface area contributed by atoms with Gasteiger partial charge in [-0.2, -0.15) is 0 Å². The quantitative estimate of drug-likeness (QED) is 0.792. The molecule has 108 valence electrons. The molecular formula is C15H18O5. The Hall–Kier alpha value is -1.75. The summed E-state index contributed by atoms with van der Waals surface area (Å²) in [4.78, 5) is 11.1. The maximum Gasteiger partial charge on any atom is 0.231 e. The molecular weight excluding hydrogens is 260 g/mol. The molecule has 0 N–H and O–H groups in total. The van der Waals surface area contributed by atoms with E-state index in [1.807, 2.05) is 0 Å². The van der Waals surface area contributed by atoms with Gasteiger partial charge in [0.25, 0.3) is 0 Å². The maximum atomic E-state index is 11.1. The van der Waals surface area contributed by atoms with Crippen molar-refractivity contribution in [2.75, 3.05) is 13.4 Å². The van der Waals surface area contributed by atoms with Crippen LogP contribution >= 0.6 is 0 Å². The Morgan fingerprint density at radius 3 is 2.75 bits per heavy atom. The number of benzene rings is 1. The molecule has 0 amide bonds. The third-order valence-corrected chi connectivity index (χ3v) is 3.61. The van der Waals surface area contributed by atoms with Crippen molar-refractivity contribution in [2.45, 2.75) is 38.4 Å². The van der Waals surface area contributed by atoms with Gasteiger partial charge in [-0.3, -0.25) is 4.79 Å². The highest BCUT2D eigenvalue weighted by molar-refractivity contribution is 5.81. The normalized spacial score (nSPS) is 22.8. The molecule has 1 saturated heterocycles. The first-order valence-electron chi connectivity index (χ1n) is 6.77. The highest BCUT2D eigenvalue weighted by Crippen LogP contribution is 2.38. The number of rotatable bonds is 4. The number of carbonyl (C=O) groups excluding carboxylic acids is 1. The maximum absolute atomic E-state index is 11.1. The van der Waals surface area contributed by atoms with Crippen LogP contribution in [0.1, 0.15) is 37.0 Å². The Morgan fingerprint density at radius 2 is 2.10 bits per heavy atom. The van der Waals surface area contributed by atoms with E-state index >= 15 is 0 Å². The SMILES string of the molecule is CC1(C)CCC(COc2cc3c(cc2C=O)OCO3)O1. The highest BCUT2D eigenvalue weighted by atomic mass is 16.7. The lowest BCUT2D eigenvalue weighted by atomic mass is 10.1. The van der Waals surface area contributed by atoms with Gasteiger partial charge in [-0.15, -0.1) is 0 Å². The number of carbonyl (C=O) groups is 1. The van der Waals surface area contributed by atoms with E-state index in [9.17, 15) is 4.79 Å². The van der Waals surface area contributed by atoms with E-state index in [0.717, 1.165) is 19.1 Å². The van der Waals surface area contributed by atoms with Crippen LogP contribution in [0.5, 0.6) is 17.2 Å². The number of hydrogen-bond donors (Lipinski definition) is 0. The summed E-state index contributed by atoms with van der Waals surface area (Å²) in [7, 11) is 0. The van der Waals surface area contributed by atoms with E-state index in [2.05, 4.69) is 13.8 Å². The summed E-state index contributed by atoms with van der Waals surface area (Å²) < 4.78 is 22.1. The molecule has 5 nitrogen and oxygen atoms in total. The van der Waals surface area contributed by atoms with Crippen LogP contribution in [0.4, 0.5) is 0 Å². The zero-order valence-corrected chi connectivity index (χ0v) is 11.7. The summed E-state index contributed by atoms with van der Waals surface area (Å²) in [5.41, 5.74) is 0.377. The Labute approximate surface area is 117 Å². The van der Waals surface area contributed by atoms with Crippen LogP contribution in [0.25, 0.3) is 0 Å². The van der Waals surface area contributed by atoms with Gasteiger partial charge in [-0.1, -0.05) is 0 Å². The molecule has 0 radical (unpaired) electrons. The van der Waals surface area contributed by atoms with Gasteiger partial charge in [0.15, 0.2) is 17.8 Å². The van der Waals surface area contributed by atoms with Crippen LogP contribution < -0.4 is 14.2 Å². The second-order valence-electron chi connectivity index (χ2n) is 5.71. The van der Waals surface area contributed by atoms with Gasteiger partial charge in [0.2, 0.25) is 6.79 Å². The number of hydrogen-bond acceptors (Lipinski definition) is 5. The Bertz CT molecular complexity index is 523. The Balaban J connectivity index is 1.70. The topological polar surface area (TPSA) is 54.0 Å². The average molecular weight is 278 g/mol. The van der Waals surface area contributed by atoms with Gasteiger partial charge < -0.3 is 18.9 Å². The summed E-state index contributed by atoms with van der Waals surface area (Å²) in [6.45, 7) is 4.76. The van der Waals surface area contributed by atoms with Gasteiger partial charge in [0, 0.05) is 6.07 Å². The number of fused-ring (bicyclic) bond motifs is 1. The van der Waals surface area contributed by atoms with Crippen molar-refractivity contribution in [1.29, 1.82) is 0 Å². The van der Waals surface area contributed by atoms with Crippen LogP contribution in [0.2, 0.25) is 0 Å². The average Bonchev–Trinajstić information content (AvgIpc) is 3.00. The van der Waals surface area contributed by atoms with Gasteiger partial charge >= 0.3 is 0 Å². The lowest BCUT2D eigenvalue weighted by Gasteiger charge is -2.19. The van der Waals surface area contributed by atoms with Crippen molar-refractivity contribution in [3.8, 4) is 17.2 Å². The summed E-state index contributed by atoms with van der Waals surface area (Å²) >= 11 is 0. The molecule has 1 aromatic carbocycles. The van der Waals surface area contributed by atoms with Crippen molar-refractivity contribution in [2.24, 2.45) is 0 Å². The van der Waals surface area contributed by atoms with E-state index in [4.69, 9.17) is 18.9 Å². The van der Waals surface area contributed by atoms with E-state index < -0.39 is 0 Å². The Kier molecular flexibility index (Phi) is 3.30. The van der Waals surface area contributed by atoms with Crippen molar-refractivity contribution in [1.82, 2.24) is 0 Å². The minimum atomic E-state index is -0.0869. The molecule has 0 aliphatic carbocycles. The largest absolute Gasteiger partial charge is 0.490 e. The summed E-state index contributed by atoms with van der Waals surface area (Å²) in [5, 5.41) is 0. The number of aldehydes is 1. The van der Waals surface area contributed by atoms with E-state index in [1.165, 1.54) is 0 Å². The second kappa shape index (κ2) is 4.98. The molecule has 20 heavy (non-hydrogen) atoms. The van der Waals surface area contributed by atoms with Crippen molar-refractivity contribution < 1.29 is 23.7 Å². The highest BCUT2D eigenvalue weighted by Gasteiger charge is 2.32. The first kappa shape index (κ1) is 13.2. The monoisotopic (exact) mass is 278 g/mol. The summed E-state index contributed by atoms with van der Waals surface area (Å²) in [5.74, 6) is 1.70. The molecule has 3 rings (SSSR count). The molecule has 5 heteroatoms. The molecule has 2 aliphatic heterocycles. The summed E-state index contributed by atoms with van der Waals surface area (Å²) in [6.07, 6.45) is 2.81. The predicted octanol–water partition coefficient (Wildman–Crippen LogP) is 2.56. The minimum absolute atomic E-state index is 0.0647. The van der Waals surface area contributed by atoms with E-state index in [0.29, 0.717) is 29.4 Å². The lowest BCUT2D eigenvalue weighted by Crippen LogP contribution is -2.24. The lowest BCUT2D eigenvalue weighted by molar-refractivity contribution is -0.0327. The smallest absolute Gasteiger partial charge is 0.231 e. The zero-order chi connectivity index (χ0) is 14.2. The standard InChI is InChI=1S/C15H18O5/c1-15(2)4-3-11(20-15)8-17-12-6-14-13(18-9-19-14)5-10(12)7-16/h5-7,11H,3-4,8-9H2,1-2H3. The van der Waals surface area contributed by atoms with Gasteiger partial charge in [-0.25, -0.2) is 0 Å². The van der Waals surface area contributed by atoms with Crippen molar-refractivity contribution in [3.63, 3.8) is 0 Å². The molecule has 1 aromatic rings. The minimum Gasteiger partial charge on any atom is -0.490 e. The second-order valence-corrected chi connectivity index (χ2v) is 5.71. The van der Waals surface area contributed by atoms with E-state index in [1.54, 1.807) is 12.1 Å². The van der Waals surface area contributed by atoms with Gasteiger partial charge in [-0.05, 0) is 32.8 Å². The molecule has 1 unspecified atom stereocenters. The molecule has 0 bridgehead atoms. The first-order chi connectivity index (χ1) is 9.57. The van der Waals surface area contributed by atoms with Gasteiger partial charge in [0.1, 0.15) is 12.4 Å². The first-order valence-corrected chi connectivity index (χ1v) is 6.77. The van der Waals surface area contributed by atoms with Crippen LogP contribution in [0, 0.1) is 0 Å². The van der Waals surface area contributed by atoms with E-state index in [-0.39, 0.29) is 18.5 Å². The fourth-order valence-electron chi connectivity index (χ4n) is 2.53. The van der Waals surface area contributed by atoms with Gasteiger partial charge in [0.05, 0.1) is 17.3 Å². The summed E-state index contributed by atoms with van der Waals surface area (Å²) in [6, 6.07) is 3.34. The van der Waals surface area contributed by atoms with Crippen LogP contribution in [-0.4, -0.2) is 31.4 Å². The molecule has 1 atom stereocenters. The molecule has 1 fully saturated rings. The molecule has 0 saturated carbocycles. The van der Waals surface area contributed by atoms with Crippen LogP contribution in [0.15, 0.2) is 12.1 Å².